The van der Waals surface area contributed by atoms with Crippen molar-refractivity contribution in [3.05, 3.63) is 58.6 Å². The summed E-state index contributed by atoms with van der Waals surface area (Å²) < 4.78 is 35.4. The summed E-state index contributed by atoms with van der Waals surface area (Å²) >= 11 is 6.01. The highest BCUT2D eigenvalue weighted by Crippen LogP contribution is 2.26. The van der Waals surface area contributed by atoms with Crippen LogP contribution in [0.25, 0.3) is 0 Å². The first-order valence-corrected chi connectivity index (χ1v) is 11.6. The quantitative estimate of drug-likeness (QED) is 0.574. The number of hydrogen-bond acceptors (Lipinski definition) is 7. The number of benzene rings is 2. The highest BCUT2D eigenvalue weighted by molar-refractivity contribution is 7.92. The number of nitrogens with one attached hydrogen (secondary N) is 1. The Balaban J connectivity index is 2.48. The summed E-state index contributed by atoms with van der Waals surface area (Å²) in [6, 6.07) is 8.87. The summed E-state index contributed by atoms with van der Waals surface area (Å²) in [5, 5.41) is 2.88. The Morgan fingerprint density at radius 3 is 2.03 bits per heavy atom. The Morgan fingerprint density at radius 1 is 1.03 bits per heavy atom. The van der Waals surface area contributed by atoms with E-state index in [9.17, 15) is 22.8 Å². The molecule has 0 fully saturated rings. The fraction of sp³-hybridized carbons (Fsp3) is 0.286. The number of methoxy groups -OCH3 is 2. The number of rotatable bonds is 8. The van der Waals surface area contributed by atoms with Crippen LogP contribution in [0.3, 0.4) is 0 Å². The van der Waals surface area contributed by atoms with Crippen LogP contribution in [0.2, 0.25) is 5.02 Å². The Bertz CT molecular complexity index is 1100. The molecule has 0 aliphatic carbocycles. The summed E-state index contributed by atoms with van der Waals surface area (Å²) in [5.74, 6) is -2.12. The minimum atomic E-state index is -3.87. The van der Waals surface area contributed by atoms with Crippen LogP contribution in [0, 0.1) is 0 Å². The van der Waals surface area contributed by atoms with E-state index in [4.69, 9.17) is 11.6 Å². The predicted molar refractivity (Wildman–Crippen MR) is 121 cm³/mol. The molecule has 0 unspecified atom stereocenters. The van der Waals surface area contributed by atoms with E-state index < -0.39 is 33.9 Å². The molecule has 0 bridgehead atoms. The van der Waals surface area contributed by atoms with Gasteiger partial charge in [-0.3, -0.25) is 9.10 Å². The molecular weight excluding hydrogens is 460 g/mol. The lowest BCUT2D eigenvalue weighted by molar-refractivity contribution is -0.117. The average Bonchev–Trinajstić information content (AvgIpc) is 2.74. The van der Waals surface area contributed by atoms with E-state index in [-0.39, 0.29) is 28.9 Å². The number of esters is 2. The molecule has 0 aromatic heterocycles. The van der Waals surface area contributed by atoms with Crippen LogP contribution in [-0.2, 0) is 24.3 Å². The number of nitrogens with zero attached hydrogens (tertiary/aromatic N) is 1. The SMILES string of the molecule is CC[C@@H](C(=O)Nc1cc(C(=O)OC)cc(C(=O)OC)c1)N(c1cccc(Cl)c1)S(C)(=O)=O. The lowest BCUT2D eigenvalue weighted by Gasteiger charge is -2.30. The molecule has 172 valence electrons. The second-order valence-corrected chi connectivity index (χ2v) is 9.03. The second kappa shape index (κ2) is 10.5. The number of amides is 1. The third kappa shape index (κ3) is 5.98. The zero-order valence-corrected chi connectivity index (χ0v) is 19.5. The van der Waals surface area contributed by atoms with Crippen LogP contribution >= 0.6 is 11.6 Å². The minimum Gasteiger partial charge on any atom is -0.465 e. The number of sulfonamides is 1. The van der Waals surface area contributed by atoms with Crippen molar-refractivity contribution in [2.75, 3.05) is 30.1 Å². The molecule has 1 atom stereocenters. The van der Waals surface area contributed by atoms with Crippen molar-refractivity contribution in [2.24, 2.45) is 0 Å². The summed E-state index contributed by atoms with van der Waals surface area (Å²) in [4.78, 5) is 37.1. The smallest absolute Gasteiger partial charge is 0.337 e. The van der Waals surface area contributed by atoms with Gasteiger partial charge < -0.3 is 14.8 Å². The number of carbonyl (C=O) groups is 3. The van der Waals surface area contributed by atoms with Crippen LogP contribution < -0.4 is 9.62 Å². The molecule has 0 heterocycles. The van der Waals surface area contributed by atoms with E-state index in [1.54, 1.807) is 19.1 Å². The Hall–Kier alpha value is -3.11. The van der Waals surface area contributed by atoms with E-state index in [0.717, 1.165) is 10.6 Å². The fourth-order valence-corrected chi connectivity index (χ4v) is 4.46. The molecule has 0 saturated carbocycles. The molecule has 0 aliphatic heterocycles. The lowest BCUT2D eigenvalue weighted by Crippen LogP contribution is -2.47. The van der Waals surface area contributed by atoms with Crippen LogP contribution in [-0.4, -0.2) is 52.8 Å². The van der Waals surface area contributed by atoms with Gasteiger partial charge in [0.05, 0.1) is 37.3 Å². The predicted octanol–water partition coefficient (Wildman–Crippen LogP) is 3.10. The second-order valence-electron chi connectivity index (χ2n) is 6.73. The van der Waals surface area contributed by atoms with Gasteiger partial charge in [0.25, 0.3) is 0 Å². The van der Waals surface area contributed by atoms with Gasteiger partial charge in [-0.05, 0) is 42.8 Å². The topological polar surface area (TPSA) is 119 Å². The van der Waals surface area contributed by atoms with Crippen molar-refractivity contribution in [2.45, 2.75) is 19.4 Å². The van der Waals surface area contributed by atoms with E-state index in [2.05, 4.69) is 14.8 Å². The molecule has 0 radical (unpaired) electrons. The summed E-state index contributed by atoms with van der Waals surface area (Å²) in [6.45, 7) is 1.65. The van der Waals surface area contributed by atoms with E-state index in [1.165, 1.54) is 44.6 Å². The van der Waals surface area contributed by atoms with Gasteiger partial charge in [0.2, 0.25) is 15.9 Å². The van der Waals surface area contributed by atoms with Crippen molar-refractivity contribution in [3.63, 3.8) is 0 Å². The Kier molecular flexibility index (Phi) is 8.23. The van der Waals surface area contributed by atoms with Crippen LogP contribution in [0.5, 0.6) is 0 Å². The first kappa shape index (κ1) is 25.2. The summed E-state index contributed by atoms with van der Waals surface area (Å²) in [5.41, 5.74) is 0.332. The maximum Gasteiger partial charge on any atom is 0.337 e. The zero-order chi connectivity index (χ0) is 24.1. The molecule has 2 aromatic rings. The number of carbonyl (C=O) groups excluding carboxylic acids is 3. The van der Waals surface area contributed by atoms with Crippen molar-refractivity contribution >= 4 is 50.8 Å². The van der Waals surface area contributed by atoms with Crippen LogP contribution in [0.4, 0.5) is 11.4 Å². The minimum absolute atomic E-state index is 0.00792. The van der Waals surface area contributed by atoms with Crippen molar-refractivity contribution < 1.29 is 32.3 Å². The first-order valence-electron chi connectivity index (χ1n) is 9.39. The van der Waals surface area contributed by atoms with Gasteiger partial charge in [-0.15, -0.1) is 0 Å². The monoisotopic (exact) mass is 482 g/mol. The highest BCUT2D eigenvalue weighted by Gasteiger charge is 2.32. The molecule has 2 rings (SSSR count). The van der Waals surface area contributed by atoms with Gasteiger partial charge in [0, 0.05) is 10.7 Å². The van der Waals surface area contributed by atoms with Crippen molar-refractivity contribution in [1.29, 1.82) is 0 Å². The number of ether oxygens (including phenoxy) is 2. The molecular formula is C21H23ClN2O7S. The number of halogens is 1. The number of anilines is 2. The fourth-order valence-electron chi connectivity index (χ4n) is 3.07. The summed E-state index contributed by atoms with van der Waals surface area (Å²) in [6.07, 6.45) is 1.11. The van der Waals surface area contributed by atoms with Gasteiger partial charge in [-0.2, -0.15) is 0 Å². The molecule has 11 heteroatoms. The van der Waals surface area contributed by atoms with Crippen LogP contribution in [0.15, 0.2) is 42.5 Å². The van der Waals surface area contributed by atoms with Gasteiger partial charge in [0.1, 0.15) is 6.04 Å². The highest BCUT2D eigenvalue weighted by atomic mass is 35.5. The maximum absolute atomic E-state index is 13.1. The van der Waals surface area contributed by atoms with Crippen molar-refractivity contribution in [1.82, 2.24) is 0 Å². The third-order valence-corrected chi connectivity index (χ3v) is 5.85. The zero-order valence-electron chi connectivity index (χ0n) is 17.9. The van der Waals surface area contributed by atoms with E-state index >= 15 is 0 Å². The first-order chi connectivity index (χ1) is 15.0. The van der Waals surface area contributed by atoms with Gasteiger partial charge in [0.15, 0.2) is 0 Å². The number of hydrogen-bond donors (Lipinski definition) is 1. The third-order valence-electron chi connectivity index (χ3n) is 4.44. The molecule has 0 aliphatic rings. The molecule has 32 heavy (non-hydrogen) atoms. The van der Waals surface area contributed by atoms with Gasteiger partial charge >= 0.3 is 11.9 Å². The average molecular weight is 483 g/mol. The van der Waals surface area contributed by atoms with Crippen LogP contribution in [0.1, 0.15) is 34.1 Å². The van der Waals surface area contributed by atoms with E-state index in [0.29, 0.717) is 5.02 Å². The molecule has 0 saturated heterocycles. The van der Waals surface area contributed by atoms with E-state index in [1.807, 2.05) is 0 Å². The Morgan fingerprint density at radius 2 is 1.59 bits per heavy atom. The molecule has 9 nitrogen and oxygen atoms in total. The van der Waals surface area contributed by atoms with Gasteiger partial charge in [-0.1, -0.05) is 24.6 Å². The maximum atomic E-state index is 13.1. The van der Waals surface area contributed by atoms with Gasteiger partial charge in [-0.25, -0.2) is 18.0 Å². The lowest BCUT2D eigenvalue weighted by atomic mass is 10.1. The summed E-state index contributed by atoms with van der Waals surface area (Å²) in [7, 11) is -1.52. The van der Waals surface area contributed by atoms with Crippen molar-refractivity contribution in [3.8, 4) is 0 Å². The molecule has 0 spiro atoms. The molecule has 2 aromatic carbocycles. The standard InChI is InChI=1S/C21H23ClN2O7S/c1-5-18(24(32(4,28)29)17-8-6-7-15(22)12-17)19(25)23-16-10-13(20(26)30-2)9-14(11-16)21(27)31-3/h6-12,18H,5H2,1-4H3,(H,23,25)/t18-/m0/s1. The Labute approximate surface area is 191 Å². The molecule has 1 amide bonds. The normalized spacial score (nSPS) is 11.9. The largest absolute Gasteiger partial charge is 0.465 e. The molecule has 1 N–H and O–H groups in total.